The van der Waals surface area contributed by atoms with Crippen molar-refractivity contribution >= 4 is 11.9 Å². The first-order valence-electron chi connectivity index (χ1n) is 7.04. The molecule has 7 heteroatoms. The number of aromatic nitrogens is 4. The van der Waals surface area contributed by atoms with Crippen molar-refractivity contribution < 1.29 is 4.74 Å². The highest BCUT2D eigenvalue weighted by Gasteiger charge is 2.18. The Kier molecular flexibility index (Phi) is 3.81. The lowest BCUT2D eigenvalue weighted by Crippen LogP contribution is -2.21. The first-order valence-corrected chi connectivity index (χ1v) is 7.04. The van der Waals surface area contributed by atoms with Crippen LogP contribution < -0.4 is 15.0 Å². The molecule has 2 aromatic rings. The van der Waals surface area contributed by atoms with E-state index in [4.69, 9.17) is 4.74 Å². The predicted octanol–water partition coefficient (Wildman–Crippen LogP) is 2.01. The van der Waals surface area contributed by atoms with Crippen LogP contribution >= 0.6 is 0 Å². The van der Waals surface area contributed by atoms with Crippen molar-refractivity contribution in [3.8, 4) is 11.8 Å². The van der Waals surface area contributed by atoms with E-state index in [2.05, 4.69) is 30.2 Å². The summed E-state index contributed by atoms with van der Waals surface area (Å²) in [6, 6.07) is 3.96. The van der Waals surface area contributed by atoms with Crippen molar-refractivity contribution in [1.29, 1.82) is 0 Å². The van der Waals surface area contributed by atoms with Gasteiger partial charge >= 0.3 is 6.01 Å². The molecule has 0 aromatic carbocycles. The van der Waals surface area contributed by atoms with Gasteiger partial charge in [-0.05, 0) is 31.9 Å². The van der Waals surface area contributed by atoms with Crippen LogP contribution in [0.25, 0.3) is 0 Å². The van der Waals surface area contributed by atoms with Crippen LogP contribution in [0, 0.1) is 6.92 Å². The molecule has 110 valence electrons. The molecular weight excluding hydrogens is 268 g/mol. The highest BCUT2D eigenvalue weighted by molar-refractivity contribution is 5.40. The zero-order chi connectivity index (χ0) is 14.7. The van der Waals surface area contributed by atoms with Crippen molar-refractivity contribution in [3.05, 3.63) is 24.0 Å². The average molecular weight is 286 g/mol. The molecule has 7 nitrogen and oxygen atoms in total. The summed E-state index contributed by atoms with van der Waals surface area (Å²) in [6.07, 6.45) is 4.06. The molecule has 1 N–H and O–H groups in total. The maximum absolute atomic E-state index is 5.76. The topological polar surface area (TPSA) is 76.1 Å². The van der Waals surface area contributed by atoms with E-state index in [1.54, 1.807) is 13.2 Å². The largest absolute Gasteiger partial charge is 0.422 e. The summed E-state index contributed by atoms with van der Waals surface area (Å²) in [6.45, 7) is 3.83. The molecule has 0 saturated carbocycles. The Morgan fingerprint density at radius 2 is 2.00 bits per heavy atom. The first kappa shape index (κ1) is 13.5. The zero-order valence-corrected chi connectivity index (χ0v) is 12.2. The molecule has 0 radical (unpaired) electrons. The minimum Gasteiger partial charge on any atom is -0.422 e. The number of hydrogen-bond donors (Lipinski definition) is 1. The van der Waals surface area contributed by atoms with Gasteiger partial charge in [-0.1, -0.05) is 0 Å². The number of nitrogens with zero attached hydrogens (tertiary/aromatic N) is 5. The van der Waals surface area contributed by atoms with Crippen LogP contribution in [0.15, 0.2) is 18.3 Å². The number of pyridine rings is 1. The van der Waals surface area contributed by atoms with Crippen LogP contribution in [-0.4, -0.2) is 40.1 Å². The van der Waals surface area contributed by atoms with Crippen LogP contribution in [-0.2, 0) is 0 Å². The molecule has 0 spiro atoms. The third-order valence-corrected chi connectivity index (χ3v) is 3.38. The van der Waals surface area contributed by atoms with Gasteiger partial charge in [0.25, 0.3) is 0 Å². The Bertz CT molecular complexity index is 627. The van der Waals surface area contributed by atoms with E-state index in [9.17, 15) is 0 Å². The van der Waals surface area contributed by atoms with E-state index in [0.29, 0.717) is 17.6 Å². The third-order valence-electron chi connectivity index (χ3n) is 3.38. The van der Waals surface area contributed by atoms with E-state index in [1.165, 1.54) is 12.8 Å². The Morgan fingerprint density at radius 1 is 1.19 bits per heavy atom. The van der Waals surface area contributed by atoms with Gasteiger partial charge in [0.05, 0.1) is 5.69 Å². The number of nitrogens with one attached hydrogen (secondary N) is 1. The minimum atomic E-state index is 0.285. The second-order valence-corrected chi connectivity index (χ2v) is 4.87. The highest BCUT2D eigenvalue weighted by Crippen LogP contribution is 2.24. The SMILES string of the molecule is CNc1nc(Oc2cccnc2C)nc(N2CCCC2)n1. The number of hydrogen-bond acceptors (Lipinski definition) is 7. The van der Waals surface area contributed by atoms with Gasteiger partial charge in [0, 0.05) is 26.3 Å². The molecule has 0 amide bonds. The molecule has 1 fully saturated rings. The molecule has 0 bridgehead atoms. The van der Waals surface area contributed by atoms with Crippen LogP contribution in [0.5, 0.6) is 11.8 Å². The number of rotatable bonds is 4. The Morgan fingerprint density at radius 3 is 2.71 bits per heavy atom. The van der Waals surface area contributed by atoms with E-state index >= 15 is 0 Å². The molecule has 1 saturated heterocycles. The van der Waals surface area contributed by atoms with Gasteiger partial charge in [0.1, 0.15) is 0 Å². The monoisotopic (exact) mass is 286 g/mol. The van der Waals surface area contributed by atoms with Crippen LogP contribution in [0.2, 0.25) is 0 Å². The first-order chi connectivity index (χ1) is 10.3. The smallest absolute Gasteiger partial charge is 0.328 e. The molecule has 0 aliphatic carbocycles. The van der Waals surface area contributed by atoms with Crippen molar-refractivity contribution in [1.82, 2.24) is 19.9 Å². The molecule has 21 heavy (non-hydrogen) atoms. The van der Waals surface area contributed by atoms with Crippen molar-refractivity contribution in [2.75, 3.05) is 30.4 Å². The number of ether oxygens (including phenoxy) is 1. The lowest BCUT2D eigenvalue weighted by Gasteiger charge is -2.16. The fourth-order valence-corrected chi connectivity index (χ4v) is 2.24. The maximum atomic E-state index is 5.76. The average Bonchev–Trinajstić information content (AvgIpc) is 3.04. The van der Waals surface area contributed by atoms with Gasteiger partial charge in [-0.25, -0.2) is 0 Å². The summed E-state index contributed by atoms with van der Waals surface area (Å²) >= 11 is 0. The second-order valence-electron chi connectivity index (χ2n) is 4.87. The van der Waals surface area contributed by atoms with Crippen LogP contribution in [0.1, 0.15) is 18.5 Å². The van der Waals surface area contributed by atoms with E-state index in [1.807, 2.05) is 19.1 Å². The second kappa shape index (κ2) is 5.90. The number of anilines is 2. The summed E-state index contributed by atoms with van der Waals surface area (Å²) in [5, 5.41) is 2.95. The molecule has 0 atom stereocenters. The summed E-state index contributed by atoms with van der Waals surface area (Å²) in [7, 11) is 1.78. The number of aryl methyl sites for hydroxylation is 1. The quantitative estimate of drug-likeness (QED) is 0.921. The standard InChI is InChI=1S/C14H18N6O/c1-10-11(6-5-7-16-10)21-14-18-12(15-2)17-13(19-14)20-8-3-4-9-20/h5-7H,3-4,8-9H2,1-2H3,(H,15,17,18,19). The molecule has 1 aliphatic heterocycles. The summed E-state index contributed by atoms with van der Waals surface area (Å²) < 4.78 is 5.76. The lowest BCUT2D eigenvalue weighted by atomic mass is 10.3. The summed E-state index contributed by atoms with van der Waals surface area (Å²) in [5.74, 6) is 1.81. The fourth-order valence-electron chi connectivity index (χ4n) is 2.24. The molecule has 2 aromatic heterocycles. The van der Waals surface area contributed by atoms with Crippen molar-refractivity contribution in [2.24, 2.45) is 0 Å². The van der Waals surface area contributed by atoms with Gasteiger partial charge in [0.2, 0.25) is 11.9 Å². The van der Waals surface area contributed by atoms with Crippen LogP contribution in [0.3, 0.4) is 0 Å². The summed E-state index contributed by atoms with van der Waals surface area (Å²) in [4.78, 5) is 19.4. The Hall–Kier alpha value is -2.44. The Labute approximate surface area is 123 Å². The lowest BCUT2D eigenvalue weighted by molar-refractivity contribution is 0.434. The van der Waals surface area contributed by atoms with Crippen molar-refractivity contribution in [3.63, 3.8) is 0 Å². The zero-order valence-electron chi connectivity index (χ0n) is 12.2. The fraction of sp³-hybridized carbons (Fsp3) is 0.429. The Balaban J connectivity index is 1.90. The molecular formula is C14H18N6O. The molecule has 1 aliphatic rings. The van der Waals surface area contributed by atoms with Gasteiger partial charge in [-0.3, -0.25) is 4.98 Å². The van der Waals surface area contributed by atoms with Gasteiger partial charge in [-0.15, -0.1) is 0 Å². The van der Waals surface area contributed by atoms with Gasteiger partial charge < -0.3 is 15.0 Å². The van der Waals surface area contributed by atoms with Gasteiger partial charge in [-0.2, -0.15) is 15.0 Å². The summed E-state index contributed by atoms with van der Waals surface area (Å²) in [5.41, 5.74) is 0.798. The highest BCUT2D eigenvalue weighted by atomic mass is 16.5. The molecule has 3 rings (SSSR count). The van der Waals surface area contributed by atoms with E-state index in [-0.39, 0.29) is 6.01 Å². The van der Waals surface area contributed by atoms with Gasteiger partial charge in [0.15, 0.2) is 5.75 Å². The van der Waals surface area contributed by atoms with Crippen molar-refractivity contribution in [2.45, 2.75) is 19.8 Å². The van der Waals surface area contributed by atoms with E-state index < -0.39 is 0 Å². The normalized spacial score (nSPS) is 14.3. The van der Waals surface area contributed by atoms with E-state index in [0.717, 1.165) is 18.8 Å². The maximum Gasteiger partial charge on any atom is 0.328 e. The minimum absolute atomic E-state index is 0.285. The molecule has 0 unspecified atom stereocenters. The predicted molar refractivity (Wildman–Crippen MR) is 79.9 cm³/mol. The molecule has 3 heterocycles. The third kappa shape index (κ3) is 3.01. The van der Waals surface area contributed by atoms with Crippen LogP contribution in [0.4, 0.5) is 11.9 Å².